The summed E-state index contributed by atoms with van der Waals surface area (Å²) in [6.07, 6.45) is 2.67. The number of carbonyl (C=O) groups is 1. The molecule has 0 aromatic carbocycles. The quantitative estimate of drug-likeness (QED) is 0.520. The molecule has 0 saturated heterocycles. The second kappa shape index (κ2) is 2.25. The molecule has 0 N–H and O–H groups in total. The van der Waals surface area contributed by atoms with Crippen LogP contribution in [0, 0.1) is 0 Å². The Morgan fingerprint density at radius 1 is 1.78 bits per heavy atom. The number of hydrogen-bond acceptors (Lipinski definition) is 3. The van der Waals surface area contributed by atoms with E-state index in [9.17, 15) is 9.32 Å². The first kappa shape index (κ1) is 5.74. The molecule has 1 aromatic heterocycles. The molecule has 1 aromatic rings. The fraction of sp³-hybridized carbons (Fsp3) is 0. The van der Waals surface area contributed by atoms with Crippen LogP contribution in [0.3, 0.4) is 0 Å². The summed E-state index contributed by atoms with van der Waals surface area (Å²) < 4.78 is 11.9. The van der Waals surface area contributed by atoms with E-state index in [0.717, 1.165) is 10.9 Å². The van der Waals surface area contributed by atoms with E-state index in [-0.39, 0.29) is 0 Å². The third kappa shape index (κ3) is 1.04. The van der Waals surface area contributed by atoms with Gasteiger partial charge in [0.05, 0.1) is 0 Å². The average Bonchev–Trinajstić information content (AvgIpc) is 2.37. The van der Waals surface area contributed by atoms with E-state index >= 15 is 0 Å². The fourth-order valence-electron chi connectivity index (χ4n) is 0.407. The van der Waals surface area contributed by atoms with E-state index in [0.29, 0.717) is 0 Å². The van der Waals surface area contributed by atoms with Crippen molar-refractivity contribution < 1.29 is 14.3 Å². The molecule has 0 aliphatic rings. The van der Waals surface area contributed by atoms with Gasteiger partial charge in [0.25, 0.3) is 0 Å². The molecule has 0 bridgehead atoms. The van der Waals surface area contributed by atoms with Crippen molar-refractivity contribution in [3.05, 3.63) is 18.7 Å². The number of hydrogen-bond donors (Lipinski definition) is 0. The first-order valence-electron chi connectivity index (χ1n) is 2.15. The van der Waals surface area contributed by atoms with Gasteiger partial charge in [-0.1, -0.05) is 0 Å². The van der Waals surface area contributed by atoms with Crippen molar-refractivity contribution in [3.63, 3.8) is 0 Å². The van der Waals surface area contributed by atoms with Gasteiger partial charge in [-0.3, -0.25) is 0 Å². The number of imidazole rings is 1. The monoisotopic (exact) mass is 130 g/mol. The highest BCUT2D eigenvalue weighted by atomic mass is 19.3. The maximum Gasteiger partial charge on any atom is 0.456 e. The molecule has 0 spiro atoms. The molecule has 0 amide bonds. The minimum Gasteiger partial charge on any atom is -0.245 e. The van der Waals surface area contributed by atoms with Crippen LogP contribution in [0.5, 0.6) is 0 Å². The summed E-state index contributed by atoms with van der Waals surface area (Å²) in [5.74, 6) is 0. The van der Waals surface area contributed by atoms with Crippen molar-refractivity contribution in [1.82, 2.24) is 9.55 Å². The van der Waals surface area contributed by atoms with E-state index in [1.165, 1.54) is 12.4 Å². The van der Waals surface area contributed by atoms with Crippen molar-refractivity contribution in [1.29, 1.82) is 0 Å². The fourth-order valence-corrected chi connectivity index (χ4v) is 0.407. The van der Waals surface area contributed by atoms with E-state index < -0.39 is 6.09 Å². The highest BCUT2D eigenvalue weighted by molar-refractivity contribution is 5.69. The van der Waals surface area contributed by atoms with Gasteiger partial charge in [-0.25, -0.2) is 19.3 Å². The lowest BCUT2D eigenvalue weighted by Crippen LogP contribution is -2.05. The van der Waals surface area contributed by atoms with E-state index in [4.69, 9.17) is 0 Å². The Morgan fingerprint density at radius 3 is 3.00 bits per heavy atom. The van der Waals surface area contributed by atoms with Crippen LogP contribution in [-0.2, 0) is 4.94 Å². The average molecular weight is 130 g/mol. The summed E-state index contributed by atoms with van der Waals surface area (Å²) in [5, 5.41) is 0. The summed E-state index contributed by atoms with van der Waals surface area (Å²) in [6.45, 7) is 0. The second-order valence-corrected chi connectivity index (χ2v) is 1.31. The second-order valence-electron chi connectivity index (χ2n) is 1.31. The van der Waals surface area contributed by atoms with Crippen molar-refractivity contribution >= 4 is 6.09 Å². The molecule has 4 nitrogen and oxygen atoms in total. The van der Waals surface area contributed by atoms with Crippen molar-refractivity contribution in [2.45, 2.75) is 0 Å². The smallest absolute Gasteiger partial charge is 0.245 e. The lowest BCUT2D eigenvalue weighted by Gasteiger charge is -1.89. The van der Waals surface area contributed by atoms with E-state index in [2.05, 4.69) is 9.93 Å². The summed E-state index contributed by atoms with van der Waals surface area (Å²) in [5.41, 5.74) is 0. The Bertz CT molecular complexity index is 196. The van der Waals surface area contributed by atoms with Gasteiger partial charge in [-0.2, -0.15) is 0 Å². The number of nitrogens with zero attached hydrogens (tertiary/aromatic N) is 2. The first-order valence-corrected chi connectivity index (χ1v) is 2.15. The maximum atomic E-state index is 11.1. The van der Waals surface area contributed by atoms with Crippen molar-refractivity contribution in [2.24, 2.45) is 0 Å². The summed E-state index contributed by atoms with van der Waals surface area (Å²) in [4.78, 5) is 16.6. The van der Waals surface area contributed by atoms with Gasteiger partial charge < -0.3 is 0 Å². The largest absolute Gasteiger partial charge is 0.456 e. The number of halogens is 1. The molecular weight excluding hydrogens is 127 g/mol. The normalized spacial score (nSPS) is 9.00. The predicted molar refractivity (Wildman–Crippen MR) is 25.2 cm³/mol. The third-order valence-electron chi connectivity index (χ3n) is 0.781. The van der Waals surface area contributed by atoms with E-state index in [1.54, 1.807) is 0 Å². The molecule has 9 heavy (non-hydrogen) atoms. The Hall–Kier alpha value is -1.39. The molecule has 0 aliphatic heterocycles. The van der Waals surface area contributed by atoms with Crippen LogP contribution in [0.1, 0.15) is 0 Å². The Kier molecular flexibility index (Phi) is 1.44. The molecule has 1 rings (SSSR count). The molecule has 0 atom stereocenters. The molecular formula is C4H3FN2O2. The van der Waals surface area contributed by atoms with Crippen LogP contribution < -0.4 is 0 Å². The van der Waals surface area contributed by atoms with Gasteiger partial charge in [0.2, 0.25) is 0 Å². The Balaban J connectivity index is 2.77. The summed E-state index contributed by atoms with van der Waals surface area (Å²) in [6, 6.07) is 0. The zero-order valence-corrected chi connectivity index (χ0v) is 4.32. The van der Waals surface area contributed by atoms with Crippen molar-refractivity contribution in [2.75, 3.05) is 0 Å². The Morgan fingerprint density at radius 2 is 2.56 bits per heavy atom. The minimum atomic E-state index is -1.09. The first-order chi connectivity index (χ1) is 4.34. The lowest BCUT2D eigenvalue weighted by molar-refractivity contribution is -0.0617. The number of aromatic nitrogens is 2. The van der Waals surface area contributed by atoms with Gasteiger partial charge in [0.15, 0.2) is 0 Å². The highest BCUT2D eigenvalue weighted by Gasteiger charge is 2.02. The zero-order chi connectivity index (χ0) is 6.69. The zero-order valence-electron chi connectivity index (χ0n) is 4.32. The standard InChI is InChI=1S/C4H3FN2O2/c5-9-4(8)7-2-1-6-3-7/h1-3H. The molecule has 0 saturated carbocycles. The van der Waals surface area contributed by atoms with Gasteiger partial charge in [-0.05, 0) is 0 Å². The Labute approximate surface area is 49.8 Å². The molecule has 5 heteroatoms. The SMILES string of the molecule is O=C(OF)n1ccnc1. The van der Waals surface area contributed by atoms with Crippen LogP contribution >= 0.6 is 0 Å². The van der Waals surface area contributed by atoms with Crippen LogP contribution in [-0.4, -0.2) is 15.6 Å². The molecule has 0 aliphatic carbocycles. The minimum absolute atomic E-state index is 0.875. The highest BCUT2D eigenvalue weighted by Crippen LogP contribution is 1.88. The molecule has 0 unspecified atom stereocenters. The van der Waals surface area contributed by atoms with Gasteiger partial charge >= 0.3 is 6.09 Å². The maximum absolute atomic E-state index is 11.1. The molecule has 1 heterocycles. The van der Waals surface area contributed by atoms with E-state index in [1.807, 2.05) is 0 Å². The van der Waals surface area contributed by atoms with Crippen molar-refractivity contribution in [3.8, 4) is 0 Å². The number of carbonyl (C=O) groups excluding carboxylic acids is 1. The van der Waals surface area contributed by atoms with Gasteiger partial charge in [0.1, 0.15) is 6.33 Å². The van der Waals surface area contributed by atoms with Crippen LogP contribution in [0.25, 0.3) is 0 Å². The summed E-state index contributed by atoms with van der Waals surface area (Å²) in [7, 11) is 0. The predicted octanol–water partition coefficient (Wildman–Crippen LogP) is 0.752. The van der Waals surface area contributed by atoms with Gasteiger partial charge in [-0.15, -0.1) is 0 Å². The third-order valence-corrected chi connectivity index (χ3v) is 0.781. The topological polar surface area (TPSA) is 44.1 Å². The molecule has 0 fully saturated rings. The number of rotatable bonds is 0. The molecule has 0 radical (unpaired) electrons. The molecule has 48 valence electrons. The van der Waals surface area contributed by atoms with Gasteiger partial charge in [0, 0.05) is 16.9 Å². The van der Waals surface area contributed by atoms with Crippen LogP contribution in [0.15, 0.2) is 18.7 Å². The van der Waals surface area contributed by atoms with Crippen LogP contribution in [0.4, 0.5) is 9.32 Å². The summed E-state index contributed by atoms with van der Waals surface area (Å²) >= 11 is 0. The lowest BCUT2D eigenvalue weighted by atomic mass is 10.9. The van der Waals surface area contributed by atoms with Crippen LogP contribution in [0.2, 0.25) is 0 Å².